The first-order valence-corrected chi connectivity index (χ1v) is 5.05. The number of hydrogen-bond donors (Lipinski definition) is 1. The highest BCUT2D eigenvalue weighted by Crippen LogP contribution is 2.18. The van der Waals surface area contributed by atoms with Gasteiger partial charge in [-0.15, -0.1) is 0 Å². The van der Waals surface area contributed by atoms with Crippen LogP contribution in [0.3, 0.4) is 0 Å². The fraction of sp³-hybridized carbons (Fsp3) is 0.444. The molecule has 0 atom stereocenters. The minimum Gasteiger partial charge on any atom is -0.472 e. The van der Waals surface area contributed by atoms with Gasteiger partial charge in [-0.2, -0.15) is 0 Å². The van der Waals surface area contributed by atoms with E-state index in [-0.39, 0.29) is 0 Å². The van der Waals surface area contributed by atoms with Crippen molar-refractivity contribution in [1.82, 2.24) is 10.3 Å². The van der Waals surface area contributed by atoms with Gasteiger partial charge >= 0.3 is 0 Å². The van der Waals surface area contributed by atoms with Gasteiger partial charge in [-0.3, -0.25) is 0 Å². The minimum atomic E-state index is 0.299. The molecule has 0 radical (unpaired) electrons. The summed E-state index contributed by atoms with van der Waals surface area (Å²) in [6, 6.07) is 3.85. The van der Waals surface area contributed by atoms with Gasteiger partial charge in [0.25, 0.3) is 0 Å². The molecular weight excluding hydrogens is 232 g/mol. The average Bonchev–Trinajstić information content (AvgIpc) is 2.04. The third kappa shape index (κ3) is 2.00. The number of nitrogens with zero attached hydrogens (tertiary/aromatic N) is 1. The molecule has 0 saturated carbocycles. The molecule has 1 aromatic rings. The fourth-order valence-corrected chi connectivity index (χ4v) is 1.32. The van der Waals surface area contributed by atoms with E-state index in [1.54, 1.807) is 0 Å². The summed E-state index contributed by atoms with van der Waals surface area (Å²) < 4.78 is 6.61. The van der Waals surface area contributed by atoms with Crippen LogP contribution in [-0.4, -0.2) is 24.2 Å². The summed E-state index contributed by atoms with van der Waals surface area (Å²) in [4.78, 5) is 4.30. The SMILES string of the molecule is Cc1nc(OC2CNC2)ccc1Br. The summed E-state index contributed by atoms with van der Waals surface area (Å²) in [6.45, 7) is 3.81. The molecule has 1 aromatic heterocycles. The molecule has 0 aromatic carbocycles. The normalized spacial score (nSPS) is 16.8. The van der Waals surface area contributed by atoms with Crippen LogP contribution < -0.4 is 10.1 Å². The van der Waals surface area contributed by atoms with Gasteiger partial charge in [0.1, 0.15) is 6.10 Å². The van der Waals surface area contributed by atoms with Crippen LogP contribution in [0.5, 0.6) is 5.88 Å². The van der Waals surface area contributed by atoms with Crippen LogP contribution >= 0.6 is 15.9 Å². The van der Waals surface area contributed by atoms with E-state index in [0.717, 1.165) is 23.3 Å². The summed E-state index contributed by atoms with van der Waals surface area (Å²) in [5, 5.41) is 3.15. The first kappa shape index (κ1) is 8.97. The molecule has 0 unspecified atom stereocenters. The molecule has 1 aliphatic heterocycles. The number of ether oxygens (including phenoxy) is 1. The Balaban J connectivity index is 2.07. The zero-order valence-electron chi connectivity index (χ0n) is 7.38. The highest BCUT2D eigenvalue weighted by Gasteiger charge is 2.18. The first-order chi connectivity index (χ1) is 6.25. The summed E-state index contributed by atoms with van der Waals surface area (Å²) in [5.41, 5.74) is 0.963. The molecule has 70 valence electrons. The molecule has 4 heteroatoms. The molecule has 2 heterocycles. The highest BCUT2D eigenvalue weighted by atomic mass is 79.9. The van der Waals surface area contributed by atoms with Crippen LogP contribution in [0, 0.1) is 6.92 Å². The van der Waals surface area contributed by atoms with Crippen molar-refractivity contribution >= 4 is 15.9 Å². The van der Waals surface area contributed by atoms with Crippen molar-refractivity contribution < 1.29 is 4.74 Å². The molecule has 0 spiro atoms. The van der Waals surface area contributed by atoms with E-state index in [9.17, 15) is 0 Å². The molecule has 0 aliphatic carbocycles. The van der Waals surface area contributed by atoms with Crippen LogP contribution in [0.2, 0.25) is 0 Å². The number of pyridine rings is 1. The molecule has 0 amide bonds. The molecule has 0 bridgehead atoms. The first-order valence-electron chi connectivity index (χ1n) is 4.26. The van der Waals surface area contributed by atoms with Crippen LogP contribution in [0.15, 0.2) is 16.6 Å². The Hall–Kier alpha value is -0.610. The van der Waals surface area contributed by atoms with Crippen molar-refractivity contribution in [2.24, 2.45) is 0 Å². The van der Waals surface area contributed by atoms with Crippen LogP contribution in [0.4, 0.5) is 0 Å². The van der Waals surface area contributed by atoms with Crippen LogP contribution in [-0.2, 0) is 0 Å². The van der Waals surface area contributed by atoms with Crippen molar-refractivity contribution in [1.29, 1.82) is 0 Å². The summed E-state index contributed by atoms with van der Waals surface area (Å²) in [5.74, 6) is 0.715. The molecule has 1 fully saturated rings. The summed E-state index contributed by atoms with van der Waals surface area (Å²) in [7, 11) is 0. The Kier molecular flexibility index (Phi) is 2.51. The van der Waals surface area contributed by atoms with E-state index in [2.05, 4.69) is 26.2 Å². The Morgan fingerprint density at radius 2 is 2.31 bits per heavy atom. The Bertz CT molecular complexity index is 312. The predicted octanol–water partition coefficient (Wildman–Crippen LogP) is 1.50. The van der Waals surface area contributed by atoms with Crippen molar-refractivity contribution in [3.63, 3.8) is 0 Å². The van der Waals surface area contributed by atoms with Crippen LogP contribution in [0.1, 0.15) is 5.69 Å². The van der Waals surface area contributed by atoms with Crippen molar-refractivity contribution in [2.45, 2.75) is 13.0 Å². The standard InChI is InChI=1S/C9H11BrN2O/c1-6-8(10)2-3-9(12-6)13-7-4-11-5-7/h2-3,7,11H,4-5H2,1H3. The lowest BCUT2D eigenvalue weighted by molar-refractivity contribution is 0.136. The second-order valence-electron chi connectivity index (χ2n) is 3.11. The zero-order chi connectivity index (χ0) is 9.26. The molecule has 1 saturated heterocycles. The van der Waals surface area contributed by atoms with Gasteiger partial charge in [0, 0.05) is 23.6 Å². The largest absolute Gasteiger partial charge is 0.472 e. The number of hydrogen-bond acceptors (Lipinski definition) is 3. The molecule has 13 heavy (non-hydrogen) atoms. The van der Waals surface area contributed by atoms with Crippen molar-refractivity contribution in [3.05, 3.63) is 22.3 Å². The average molecular weight is 243 g/mol. The molecular formula is C9H11BrN2O. The smallest absolute Gasteiger partial charge is 0.213 e. The lowest BCUT2D eigenvalue weighted by Gasteiger charge is -2.27. The van der Waals surface area contributed by atoms with Gasteiger partial charge in [-0.25, -0.2) is 4.98 Å². The lowest BCUT2D eigenvalue weighted by atomic mass is 10.2. The van der Waals surface area contributed by atoms with Crippen molar-refractivity contribution in [2.75, 3.05) is 13.1 Å². The van der Waals surface area contributed by atoms with Crippen LogP contribution in [0.25, 0.3) is 0 Å². The maximum Gasteiger partial charge on any atom is 0.213 e. The zero-order valence-corrected chi connectivity index (χ0v) is 8.97. The van der Waals surface area contributed by atoms with Gasteiger partial charge in [0.05, 0.1) is 5.69 Å². The summed E-state index contributed by atoms with van der Waals surface area (Å²) >= 11 is 3.40. The third-order valence-electron chi connectivity index (χ3n) is 2.03. The van der Waals surface area contributed by atoms with Gasteiger partial charge in [0.2, 0.25) is 5.88 Å². The topological polar surface area (TPSA) is 34.1 Å². The second-order valence-corrected chi connectivity index (χ2v) is 3.97. The molecule has 3 nitrogen and oxygen atoms in total. The van der Waals surface area contributed by atoms with E-state index in [1.165, 1.54) is 0 Å². The van der Waals surface area contributed by atoms with Gasteiger partial charge in [-0.1, -0.05) is 0 Å². The maximum atomic E-state index is 5.59. The Labute approximate surface area is 85.6 Å². The number of rotatable bonds is 2. The Morgan fingerprint density at radius 1 is 1.54 bits per heavy atom. The minimum absolute atomic E-state index is 0.299. The number of aryl methyl sites for hydroxylation is 1. The monoisotopic (exact) mass is 242 g/mol. The lowest BCUT2D eigenvalue weighted by Crippen LogP contribution is -2.50. The van der Waals surface area contributed by atoms with E-state index < -0.39 is 0 Å². The number of aromatic nitrogens is 1. The number of nitrogens with one attached hydrogen (secondary N) is 1. The van der Waals surface area contributed by atoms with E-state index >= 15 is 0 Å². The Morgan fingerprint density at radius 3 is 2.85 bits per heavy atom. The third-order valence-corrected chi connectivity index (χ3v) is 2.87. The molecule has 2 rings (SSSR count). The predicted molar refractivity (Wildman–Crippen MR) is 54.0 cm³/mol. The molecule has 1 N–H and O–H groups in total. The van der Waals surface area contributed by atoms with E-state index in [4.69, 9.17) is 4.74 Å². The van der Waals surface area contributed by atoms with E-state index in [0.29, 0.717) is 12.0 Å². The highest BCUT2D eigenvalue weighted by molar-refractivity contribution is 9.10. The molecule has 1 aliphatic rings. The fourth-order valence-electron chi connectivity index (χ4n) is 1.10. The van der Waals surface area contributed by atoms with Gasteiger partial charge in [0.15, 0.2) is 0 Å². The summed E-state index contributed by atoms with van der Waals surface area (Å²) in [6.07, 6.45) is 0.299. The van der Waals surface area contributed by atoms with Crippen molar-refractivity contribution in [3.8, 4) is 5.88 Å². The number of halogens is 1. The second kappa shape index (κ2) is 3.64. The maximum absolute atomic E-state index is 5.59. The quantitative estimate of drug-likeness (QED) is 0.854. The van der Waals surface area contributed by atoms with E-state index in [1.807, 2.05) is 19.1 Å². The van der Waals surface area contributed by atoms with Gasteiger partial charge < -0.3 is 10.1 Å². The van der Waals surface area contributed by atoms with Gasteiger partial charge in [-0.05, 0) is 28.9 Å².